The second-order valence-electron chi connectivity index (χ2n) is 7.97. The maximum atomic E-state index is 13.3. The Kier molecular flexibility index (Phi) is 8.55. The smallest absolute Gasteiger partial charge is 0.475 e. The summed E-state index contributed by atoms with van der Waals surface area (Å²) in [6, 6.07) is 8.43. The molecule has 0 radical (unpaired) electrons. The second kappa shape index (κ2) is 11.0. The Morgan fingerprint density at radius 2 is 2.00 bits per heavy atom. The van der Waals surface area contributed by atoms with Crippen LogP contribution >= 0.6 is 34.3 Å². The molecule has 1 saturated heterocycles. The zero-order valence-electron chi connectivity index (χ0n) is 19.2. The van der Waals surface area contributed by atoms with Crippen molar-refractivity contribution in [2.24, 2.45) is 0 Å². The molecule has 1 amide bonds. The topological polar surface area (TPSA) is 119 Å². The minimum atomic E-state index is -5.08. The van der Waals surface area contributed by atoms with Gasteiger partial charge in [-0.2, -0.15) is 22.7 Å². The molecule has 1 aromatic carbocycles. The molecule has 2 aromatic heterocycles. The zero-order valence-corrected chi connectivity index (χ0v) is 22.4. The van der Waals surface area contributed by atoms with Crippen molar-refractivity contribution < 1.29 is 36.3 Å². The van der Waals surface area contributed by atoms with Crippen LogP contribution in [0, 0.1) is 18.3 Å². The van der Waals surface area contributed by atoms with Gasteiger partial charge in [0, 0.05) is 29.9 Å². The number of carboxylic acid groups (broad SMARTS) is 1. The first-order chi connectivity index (χ1) is 17.2. The van der Waals surface area contributed by atoms with Crippen LogP contribution in [0.3, 0.4) is 0 Å². The lowest BCUT2D eigenvalue weighted by Gasteiger charge is -2.23. The van der Waals surface area contributed by atoms with E-state index in [1.165, 1.54) is 34.0 Å². The van der Waals surface area contributed by atoms with Gasteiger partial charge >= 0.3 is 12.1 Å². The third-order valence-corrected chi connectivity index (χ3v) is 10.4. The SMILES string of the molecule is Cc1c(S(=O)(=O)N(C)[C@H]2CCN(Cc3csc(C#N)c3)C2=O)sc2ccc(Cl)cc12.O=C(O)C(F)(F)F. The highest BCUT2D eigenvalue weighted by molar-refractivity contribution is 7.91. The molecule has 3 aromatic rings. The Balaban J connectivity index is 0.000000479. The van der Waals surface area contributed by atoms with E-state index in [0.29, 0.717) is 35.0 Å². The lowest BCUT2D eigenvalue weighted by atomic mass is 10.2. The van der Waals surface area contributed by atoms with Gasteiger partial charge in [0.2, 0.25) is 5.91 Å². The molecule has 3 heterocycles. The van der Waals surface area contributed by atoms with Gasteiger partial charge in [-0.15, -0.1) is 22.7 Å². The number of halogens is 4. The molecule has 0 saturated carbocycles. The number of carbonyl (C=O) groups excluding carboxylic acids is 1. The Morgan fingerprint density at radius 3 is 2.57 bits per heavy atom. The van der Waals surface area contributed by atoms with Crippen molar-refractivity contribution in [1.82, 2.24) is 9.21 Å². The minimum absolute atomic E-state index is 0.215. The Labute approximate surface area is 223 Å². The highest BCUT2D eigenvalue weighted by Gasteiger charge is 2.41. The molecule has 1 aliphatic rings. The summed E-state index contributed by atoms with van der Waals surface area (Å²) >= 11 is 8.60. The first-order valence-corrected chi connectivity index (χ1v) is 13.9. The Bertz CT molecular complexity index is 1490. The number of nitrogens with zero attached hydrogens (tertiary/aromatic N) is 3. The van der Waals surface area contributed by atoms with Crippen LogP contribution in [0.1, 0.15) is 22.4 Å². The number of fused-ring (bicyclic) bond motifs is 1. The van der Waals surface area contributed by atoms with Crippen molar-refractivity contribution in [2.75, 3.05) is 13.6 Å². The second-order valence-corrected chi connectivity index (χ2v) is 12.6. The van der Waals surface area contributed by atoms with Crippen LogP contribution in [-0.2, 0) is 26.2 Å². The van der Waals surface area contributed by atoms with Gasteiger partial charge in [0.15, 0.2) is 0 Å². The summed E-state index contributed by atoms with van der Waals surface area (Å²) in [6.07, 6.45) is -4.65. The number of hydrogen-bond donors (Lipinski definition) is 1. The lowest BCUT2D eigenvalue weighted by Crippen LogP contribution is -2.42. The van der Waals surface area contributed by atoms with Crippen molar-refractivity contribution in [3.63, 3.8) is 0 Å². The Hall–Kier alpha value is -2.70. The average Bonchev–Trinajstić information content (AvgIpc) is 3.52. The van der Waals surface area contributed by atoms with Crippen molar-refractivity contribution in [3.8, 4) is 6.07 Å². The van der Waals surface area contributed by atoms with E-state index in [2.05, 4.69) is 6.07 Å². The summed E-state index contributed by atoms with van der Waals surface area (Å²) in [5, 5.41) is 19.3. The number of alkyl halides is 3. The van der Waals surface area contributed by atoms with Crippen LogP contribution in [0.2, 0.25) is 5.02 Å². The maximum Gasteiger partial charge on any atom is 0.490 e. The molecular weight excluding hydrogens is 575 g/mol. The van der Waals surface area contributed by atoms with Crippen LogP contribution in [0.25, 0.3) is 10.1 Å². The summed E-state index contributed by atoms with van der Waals surface area (Å²) in [5.74, 6) is -2.97. The number of nitriles is 1. The number of rotatable bonds is 5. The largest absolute Gasteiger partial charge is 0.490 e. The van der Waals surface area contributed by atoms with Gasteiger partial charge in [-0.25, -0.2) is 13.2 Å². The summed E-state index contributed by atoms with van der Waals surface area (Å²) in [5.41, 5.74) is 1.53. The van der Waals surface area contributed by atoms with Gasteiger partial charge in [0.25, 0.3) is 10.0 Å². The number of sulfonamides is 1. The first-order valence-electron chi connectivity index (χ1n) is 10.4. The third-order valence-electron chi connectivity index (χ3n) is 5.56. The maximum absolute atomic E-state index is 13.3. The number of thiophene rings is 2. The van der Waals surface area contributed by atoms with Gasteiger partial charge in [0.1, 0.15) is 21.2 Å². The quantitative estimate of drug-likeness (QED) is 0.452. The van der Waals surface area contributed by atoms with Gasteiger partial charge in [-0.3, -0.25) is 4.79 Å². The van der Waals surface area contributed by atoms with Crippen LogP contribution in [0.4, 0.5) is 13.2 Å². The molecule has 8 nitrogen and oxygen atoms in total. The molecule has 198 valence electrons. The summed E-state index contributed by atoms with van der Waals surface area (Å²) in [4.78, 5) is 24.1. The highest BCUT2D eigenvalue weighted by Crippen LogP contribution is 2.38. The van der Waals surface area contributed by atoms with Crippen LogP contribution in [-0.4, -0.2) is 60.4 Å². The van der Waals surface area contributed by atoms with E-state index in [1.54, 1.807) is 30.0 Å². The highest BCUT2D eigenvalue weighted by atomic mass is 35.5. The van der Waals surface area contributed by atoms with Gasteiger partial charge < -0.3 is 10.0 Å². The fourth-order valence-electron chi connectivity index (χ4n) is 3.67. The van der Waals surface area contributed by atoms with Gasteiger partial charge in [0.05, 0.1) is 0 Å². The van der Waals surface area contributed by atoms with Crippen LogP contribution in [0.15, 0.2) is 33.9 Å². The lowest BCUT2D eigenvalue weighted by molar-refractivity contribution is -0.192. The van der Waals surface area contributed by atoms with E-state index < -0.39 is 28.2 Å². The first kappa shape index (κ1) is 28.9. The molecule has 1 atom stereocenters. The molecular formula is C22H19ClF3N3O5S3. The standard InChI is InChI=1S/C20H18ClN3O3S3.C2HF3O2/c1-12-16-8-14(21)3-4-18(16)29-20(12)30(26,27)23(2)17-5-6-24(19(17)25)10-13-7-15(9-22)28-11-13;3-2(4,5)1(6)7/h3-4,7-8,11,17H,5-6,10H2,1-2H3;(H,6,7)/t17-;/m0./s1. The van der Waals surface area contributed by atoms with Crippen molar-refractivity contribution >= 4 is 66.3 Å². The number of aryl methyl sites for hydroxylation is 1. The number of hydrogen-bond acceptors (Lipinski definition) is 7. The number of carboxylic acids is 1. The van der Waals surface area contributed by atoms with E-state index in [0.717, 1.165) is 15.6 Å². The van der Waals surface area contributed by atoms with Crippen LogP contribution in [0.5, 0.6) is 0 Å². The molecule has 37 heavy (non-hydrogen) atoms. The number of likely N-dealkylation sites (N-methyl/N-ethyl adjacent to an activating group) is 1. The molecule has 1 fully saturated rings. The Morgan fingerprint density at radius 1 is 1.35 bits per heavy atom. The molecule has 4 rings (SSSR count). The van der Waals surface area contributed by atoms with Crippen molar-refractivity contribution in [2.45, 2.75) is 36.3 Å². The van der Waals surface area contributed by atoms with E-state index in [1.807, 2.05) is 11.4 Å². The summed E-state index contributed by atoms with van der Waals surface area (Å²) < 4.78 is 60.7. The van der Waals surface area contributed by atoms with Gasteiger partial charge in [-0.05, 0) is 59.5 Å². The van der Waals surface area contributed by atoms with Crippen molar-refractivity contribution in [3.05, 3.63) is 50.7 Å². The number of aliphatic carboxylic acids is 1. The fraction of sp³-hybridized carbons (Fsp3) is 0.318. The molecule has 0 unspecified atom stereocenters. The molecule has 0 aliphatic carbocycles. The summed E-state index contributed by atoms with van der Waals surface area (Å²) in [6.45, 7) is 2.62. The third kappa shape index (κ3) is 6.24. The number of benzene rings is 1. The van der Waals surface area contributed by atoms with E-state index in [9.17, 15) is 26.4 Å². The summed E-state index contributed by atoms with van der Waals surface area (Å²) in [7, 11) is -2.37. The molecule has 1 aliphatic heterocycles. The fourth-order valence-corrected chi connectivity index (χ4v) is 7.79. The van der Waals surface area contributed by atoms with Gasteiger partial charge in [-0.1, -0.05) is 11.6 Å². The van der Waals surface area contributed by atoms with E-state index in [-0.39, 0.29) is 10.1 Å². The predicted octanol–water partition coefficient (Wildman–Crippen LogP) is 4.85. The zero-order chi connectivity index (χ0) is 27.7. The predicted molar refractivity (Wildman–Crippen MR) is 133 cm³/mol. The van der Waals surface area contributed by atoms with Crippen LogP contribution < -0.4 is 0 Å². The number of amides is 1. The minimum Gasteiger partial charge on any atom is -0.475 e. The molecule has 15 heteroatoms. The number of likely N-dealkylation sites (tertiary alicyclic amines) is 1. The van der Waals surface area contributed by atoms with E-state index >= 15 is 0 Å². The molecule has 0 bridgehead atoms. The number of carbonyl (C=O) groups is 2. The average molecular weight is 594 g/mol. The normalized spacial score (nSPS) is 16.1. The monoisotopic (exact) mass is 593 g/mol. The van der Waals surface area contributed by atoms with E-state index in [4.69, 9.17) is 26.8 Å². The molecule has 1 N–H and O–H groups in total. The van der Waals surface area contributed by atoms with Crippen molar-refractivity contribution in [1.29, 1.82) is 5.26 Å². The molecule has 0 spiro atoms.